The van der Waals surface area contributed by atoms with Crippen LogP contribution in [-0.2, 0) is 4.74 Å². The minimum absolute atomic E-state index is 0.0879. The second-order valence-corrected chi connectivity index (χ2v) is 3.93. The van der Waals surface area contributed by atoms with Crippen LogP contribution in [0.1, 0.15) is 0 Å². The van der Waals surface area contributed by atoms with E-state index < -0.39 is 6.09 Å². The first-order valence-corrected chi connectivity index (χ1v) is 5.51. The third kappa shape index (κ3) is 3.63. The minimum Gasteiger partial charge on any atom is -0.506 e. The van der Waals surface area contributed by atoms with Gasteiger partial charge in [-0.05, 0) is 6.07 Å². The molecule has 0 spiro atoms. The Hall–Kier alpha value is -0.840. The van der Waals surface area contributed by atoms with E-state index in [1.165, 1.54) is 12.1 Å². The Morgan fingerprint density at radius 2 is 2.06 bits per heavy atom. The average molecular weight is 285 g/mol. The molecule has 1 aromatic carbocycles. The molecule has 0 fully saturated rings. The number of amides is 1. The highest BCUT2D eigenvalue weighted by molar-refractivity contribution is 6.37. The van der Waals surface area contributed by atoms with Gasteiger partial charge in [-0.3, -0.25) is 5.32 Å². The summed E-state index contributed by atoms with van der Waals surface area (Å²) in [6.45, 7) is 0.0879. The Morgan fingerprint density at radius 1 is 1.38 bits per heavy atom. The number of rotatable bonds is 3. The number of phenols is 1. The van der Waals surface area contributed by atoms with Crippen LogP contribution in [0.15, 0.2) is 12.1 Å². The number of ether oxygens (including phenoxy) is 1. The van der Waals surface area contributed by atoms with Gasteiger partial charge < -0.3 is 9.84 Å². The molecule has 4 nitrogen and oxygen atoms in total. The normalized spacial score (nSPS) is 9.94. The number of hydrogen-bond acceptors (Lipinski definition) is 3. The van der Waals surface area contributed by atoms with E-state index >= 15 is 0 Å². The van der Waals surface area contributed by atoms with Crippen LogP contribution in [0.5, 0.6) is 5.75 Å². The second-order valence-electron chi connectivity index (χ2n) is 2.73. The maximum atomic E-state index is 11.2. The van der Waals surface area contributed by atoms with E-state index in [1.54, 1.807) is 0 Å². The van der Waals surface area contributed by atoms with E-state index in [0.717, 1.165) is 0 Å². The van der Waals surface area contributed by atoms with Crippen LogP contribution in [-0.4, -0.2) is 23.7 Å². The van der Waals surface area contributed by atoms with Crippen molar-refractivity contribution < 1.29 is 14.6 Å². The van der Waals surface area contributed by atoms with Gasteiger partial charge in [-0.1, -0.05) is 23.2 Å². The second kappa shape index (κ2) is 6.03. The van der Waals surface area contributed by atoms with E-state index in [2.05, 4.69) is 10.1 Å². The number of halogens is 3. The number of benzene rings is 1. The molecule has 1 aromatic rings. The van der Waals surface area contributed by atoms with E-state index in [1.807, 2.05) is 0 Å². The molecule has 16 heavy (non-hydrogen) atoms. The molecule has 0 aliphatic rings. The van der Waals surface area contributed by atoms with Crippen LogP contribution in [0.3, 0.4) is 0 Å². The molecular formula is C9H8Cl3NO3. The SMILES string of the molecule is O=C(Nc1cc(O)c(Cl)cc1Cl)OCCCl. The highest BCUT2D eigenvalue weighted by Crippen LogP contribution is 2.33. The molecule has 0 saturated heterocycles. The van der Waals surface area contributed by atoms with Gasteiger partial charge in [0.2, 0.25) is 0 Å². The van der Waals surface area contributed by atoms with Gasteiger partial charge in [-0.2, -0.15) is 0 Å². The lowest BCUT2D eigenvalue weighted by atomic mass is 10.3. The molecule has 0 radical (unpaired) electrons. The number of carbonyl (C=O) groups is 1. The van der Waals surface area contributed by atoms with E-state index in [4.69, 9.17) is 34.8 Å². The fourth-order valence-corrected chi connectivity index (χ4v) is 1.42. The predicted octanol–water partition coefficient (Wildman–Crippen LogP) is 3.49. The van der Waals surface area contributed by atoms with Crippen molar-refractivity contribution in [3.63, 3.8) is 0 Å². The van der Waals surface area contributed by atoms with Gasteiger partial charge in [0.25, 0.3) is 0 Å². The number of aromatic hydroxyl groups is 1. The monoisotopic (exact) mass is 283 g/mol. The third-order valence-electron chi connectivity index (χ3n) is 1.58. The fourth-order valence-electron chi connectivity index (χ4n) is 0.911. The number of nitrogens with one attached hydrogen (secondary N) is 1. The number of phenolic OH excluding ortho intramolecular Hbond substituents is 1. The number of anilines is 1. The summed E-state index contributed by atoms with van der Waals surface area (Å²) >= 11 is 16.7. The molecule has 1 amide bonds. The molecule has 0 saturated carbocycles. The summed E-state index contributed by atoms with van der Waals surface area (Å²) in [5.41, 5.74) is 0.211. The molecule has 0 aromatic heterocycles. The van der Waals surface area contributed by atoms with E-state index in [0.29, 0.717) is 0 Å². The van der Waals surface area contributed by atoms with Crippen molar-refractivity contribution in [3.05, 3.63) is 22.2 Å². The molecule has 0 aliphatic heterocycles. The Labute approximate surface area is 107 Å². The Morgan fingerprint density at radius 3 is 2.69 bits per heavy atom. The first-order valence-electron chi connectivity index (χ1n) is 4.22. The molecule has 0 unspecified atom stereocenters. The first kappa shape index (κ1) is 13.2. The fraction of sp³-hybridized carbons (Fsp3) is 0.222. The van der Waals surface area contributed by atoms with Crippen LogP contribution in [0.25, 0.3) is 0 Å². The molecule has 0 aliphatic carbocycles. The van der Waals surface area contributed by atoms with Crippen LogP contribution in [0.2, 0.25) is 10.0 Å². The number of carbonyl (C=O) groups excluding carboxylic acids is 1. The van der Waals surface area contributed by atoms with Crippen molar-refractivity contribution >= 4 is 46.6 Å². The zero-order chi connectivity index (χ0) is 12.1. The lowest BCUT2D eigenvalue weighted by Gasteiger charge is -2.08. The van der Waals surface area contributed by atoms with Gasteiger partial charge in [-0.25, -0.2) is 4.79 Å². The van der Waals surface area contributed by atoms with Crippen LogP contribution in [0.4, 0.5) is 10.5 Å². The molecule has 1 rings (SSSR count). The topological polar surface area (TPSA) is 58.6 Å². The largest absolute Gasteiger partial charge is 0.506 e. The van der Waals surface area contributed by atoms with Crippen molar-refractivity contribution in [2.75, 3.05) is 17.8 Å². The molecular weight excluding hydrogens is 276 g/mol. The third-order valence-corrected chi connectivity index (χ3v) is 2.35. The molecule has 0 atom stereocenters. The quantitative estimate of drug-likeness (QED) is 0.835. The Kier molecular flexibility index (Phi) is 4.99. The van der Waals surface area contributed by atoms with Gasteiger partial charge in [-0.15, -0.1) is 11.6 Å². The smallest absolute Gasteiger partial charge is 0.411 e. The van der Waals surface area contributed by atoms with Crippen LogP contribution >= 0.6 is 34.8 Å². The highest BCUT2D eigenvalue weighted by Gasteiger charge is 2.10. The molecule has 0 bridgehead atoms. The van der Waals surface area contributed by atoms with Gasteiger partial charge in [0.15, 0.2) is 0 Å². The van der Waals surface area contributed by atoms with Crippen LogP contribution in [0, 0.1) is 0 Å². The Bertz CT molecular complexity index is 398. The average Bonchev–Trinajstić information content (AvgIpc) is 2.23. The van der Waals surface area contributed by atoms with Crippen molar-refractivity contribution in [1.29, 1.82) is 0 Å². The molecule has 0 heterocycles. The first-order chi connectivity index (χ1) is 7.54. The summed E-state index contributed by atoms with van der Waals surface area (Å²) in [4.78, 5) is 11.2. The van der Waals surface area contributed by atoms with Crippen LogP contribution < -0.4 is 5.32 Å². The van der Waals surface area contributed by atoms with Crippen molar-refractivity contribution in [2.24, 2.45) is 0 Å². The highest BCUT2D eigenvalue weighted by atomic mass is 35.5. The standard InChI is InChI=1S/C9H8Cl3NO3/c10-1-2-16-9(15)13-7-4-8(14)6(12)3-5(7)11/h3-4,14H,1-2H2,(H,13,15). The number of alkyl halides is 1. The van der Waals surface area contributed by atoms with E-state index in [-0.39, 0.29) is 34.0 Å². The van der Waals surface area contributed by atoms with Crippen molar-refractivity contribution in [3.8, 4) is 5.75 Å². The predicted molar refractivity (Wildman–Crippen MR) is 63.8 cm³/mol. The Balaban J connectivity index is 2.73. The van der Waals surface area contributed by atoms with E-state index in [9.17, 15) is 9.90 Å². The zero-order valence-electron chi connectivity index (χ0n) is 7.97. The summed E-state index contributed by atoms with van der Waals surface area (Å²) in [6.07, 6.45) is -0.704. The van der Waals surface area contributed by atoms with Gasteiger partial charge in [0.1, 0.15) is 12.4 Å². The molecule has 88 valence electrons. The summed E-state index contributed by atoms with van der Waals surface area (Å²) in [5, 5.41) is 12.0. The van der Waals surface area contributed by atoms with Crippen molar-refractivity contribution in [1.82, 2.24) is 0 Å². The summed E-state index contributed by atoms with van der Waals surface area (Å²) < 4.78 is 4.66. The lowest BCUT2D eigenvalue weighted by molar-refractivity contribution is 0.168. The summed E-state index contributed by atoms with van der Waals surface area (Å²) in [6, 6.07) is 2.54. The minimum atomic E-state index is -0.704. The van der Waals surface area contributed by atoms with Gasteiger partial charge >= 0.3 is 6.09 Å². The van der Waals surface area contributed by atoms with Gasteiger partial charge in [0, 0.05) is 6.07 Å². The maximum Gasteiger partial charge on any atom is 0.411 e. The summed E-state index contributed by atoms with van der Waals surface area (Å²) in [7, 11) is 0. The summed E-state index contributed by atoms with van der Waals surface area (Å²) in [5.74, 6) is 0.0197. The maximum absolute atomic E-state index is 11.2. The lowest BCUT2D eigenvalue weighted by Crippen LogP contribution is -2.15. The number of hydrogen-bond donors (Lipinski definition) is 2. The molecule has 7 heteroatoms. The zero-order valence-corrected chi connectivity index (χ0v) is 10.2. The van der Waals surface area contributed by atoms with Crippen molar-refractivity contribution in [2.45, 2.75) is 0 Å². The molecule has 2 N–H and O–H groups in total. The van der Waals surface area contributed by atoms with Gasteiger partial charge in [0.05, 0.1) is 21.6 Å².